The second kappa shape index (κ2) is 11.3. The van der Waals surface area contributed by atoms with Crippen molar-refractivity contribution in [2.75, 3.05) is 46.2 Å². The Morgan fingerprint density at radius 1 is 0.947 bits per heavy atom. The molecule has 2 aliphatic rings. The maximum absolute atomic E-state index is 11.0. The average molecular weight is 541 g/mol. The van der Waals surface area contributed by atoms with Crippen LogP contribution in [0.2, 0.25) is 5.02 Å². The summed E-state index contributed by atoms with van der Waals surface area (Å²) in [6, 6.07) is 20.8. The zero-order valence-electron chi connectivity index (χ0n) is 20.7. The first-order chi connectivity index (χ1) is 18.4. The SMILES string of the molecule is O=C(O)COC1(c2ccc(OCc3cc(-c4ccccc4Cl)ccc3OCC3(CO)COC3)cc2)COC1. The van der Waals surface area contributed by atoms with Crippen molar-refractivity contribution in [3.8, 4) is 22.6 Å². The highest BCUT2D eigenvalue weighted by Crippen LogP contribution is 2.36. The number of carboxylic acids is 1. The Kier molecular flexibility index (Phi) is 7.88. The summed E-state index contributed by atoms with van der Waals surface area (Å²) in [5, 5.41) is 19.4. The topological polar surface area (TPSA) is 104 Å². The van der Waals surface area contributed by atoms with E-state index in [1.165, 1.54) is 0 Å². The highest BCUT2D eigenvalue weighted by Gasteiger charge is 2.42. The maximum atomic E-state index is 11.0. The number of rotatable bonds is 12. The monoisotopic (exact) mass is 540 g/mol. The molecule has 0 saturated carbocycles. The van der Waals surface area contributed by atoms with E-state index < -0.39 is 18.2 Å². The van der Waals surface area contributed by atoms with Crippen LogP contribution in [0.3, 0.4) is 0 Å². The van der Waals surface area contributed by atoms with Crippen molar-refractivity contribution in [2.45, 2.75) is 12.2 Å². The number of ether oxygens (including phenoxy) is 5. The van der Waals surface area contributed by atoms with E-state index in [-0.39, 0.29) is 18.6 Å². The number of aliphatic hydroxyl groups excluding tert-OH is 1. The number of halogens is 1. The Morgan fingerprint density at radius 2 is 1.68 bits per heavy atom. The third-order valence-electron chi connectivity index (χ3n) is 6.85. The quantitative estimate of drug-likeness (QED) is 0.350. The van der Waals surface area contributed by atoms with E-state index in [4.69, 9.17) is 40.4 Å². The lowest BCUT2D eigenvalue weighted by atomic mass is 9.88. The third kappa shape index (κ3) is 5.65. The zero-order valence-corrected chi connectivity index (χ0v) is 21.5. The normalized spacial score (nSPS) is 17.2. The van der Waals surface area contributed by atoms with E-state index in [9.17, 15) is 9.90 Å². The molecule has 2 saturated heterocycles. The third-order valence-corrected chi connectivity index (χ3v) is 7.18. The molecule has 0 aromatic heterocycles. The van der Waals surface area contributed by atoms with Crippen molar-refractivity contribution in [2.24, 2.45) is 5.41 Å². The Morgan fingerprint density at radius 3 is 2.29 bits per heavy atom. The summed E-state index contributed by atoms with van der Waals surface area (Å²) >= 11 is 6.44. The molecule has 200 valence electrons. The first kappa shape index (κ1) is 26.5. The molecule has 3 aromatic rings. The molecule has 38 heavy (non-hydrogen) atoms. The van der Waals surface area contributed by atoms with Gasteiger partial charge in [0, 0.05) is 16.1 Å². The summed E-state index contributed by atoms with van der Waals surface area (Å²) in [7, 11) is 0. The molecule has 0 unspecified atom stereocenters. The lowest BCUT2D eigenvalue weighted by Gasteiger charge is -2.41. The molecule has 0 atom stereocenters. The van der Waals surface area contributed by atoms with Crippen LogP contribution < -0.4 is 9.47 Å². The minimum Gasteiger partial charge on any atom is -0.492 e. The fraction of sp³-hybridized carbons (Fsp3) is 0.345. The molecular weight excluding hydrogens is 512 g/mol. The summed E-state index contributed by atoms with van der Waals surface area (Å²) < 4.78 is 28.5. The van der Waals surface area contributed by atoms with Gasteiger partial charge in [0.05, 0.1) is 38.4 Å². The standard InChI is InChI=1S/C29H29ClO8/c30-25-4-2-1-3-24(25)20-5-10-26(37-17-28(14-31)15-34-16-28)21(11-20)12-36-23-8-6-22(7-9-23)29(18-35-19-29)38-13-27(32)33/h1-11,31H,12-19H2,(H,32,33). The highest BCUT2D eigenvalue weighted by molar-refractivity contribution is 6.33. The molecule has 0 aliphatic carbocycles. The van der Waals surface area contributed by atoms with Gasteiger partial charge < -0.3 is 33.9 Å². The van der Waals surface area contributed by atoms with Gasteiger partial charge in [0.1, 0.15) is 36.9 Å². The number of aliphatic carboxylic acids is 1. The molecule has 0 bridgehead atoms. The van der Waals surface area contributed by atoms with Crippen LogP contribution in [-0.2, 0) is 31.2 Å². The van der Waals surface area contributed by atoms with E-state index in [0.717, 1.165) is 22.3 Å². The molecule has 5 rings (SSSR count). The Hall–Kier alpha value is -3.14. The maximum Gasteiger partial charge on any atom is 0.329 e. The van der Waals surface area contributed by atoms with Crippen LogP contribution in [0.1, 0.15) is 11.1 Å². The molecule has 0 spiro atoms. The van der Waals surface area contributed by atoms with Crippen LogP contribution in [-0.4, -0.2) is 62.4 Å². The number of carbonyl (C=O) groups is 1. The van der Waals surface area contributed by atoms with Gasteiger partial charge in [0.2, 0.25) is 0 Å². The van der Waals surface area contributed by atoms with Crippen LogP contribution >= 0.6 is 11.6 Å². The van der Waals surface area contributed by atoms with Crippen molar-refractivity contribution in [3.05, 3.63) is 82.9 Å². The van der Waals surface area contributed by atoms with Gasteiger partial charge in [-0.1, -0.05) is 48.0 Å². The van der Waals surface area contributed by atoms with Crippen LogP contribution in [0.4, 0.5) is 0 Å². The van der Waals surface area contributed by atoms with E-state index >= 15 is 0 Å². The largest absolute Gasteiger partial charge is 0.492 e. The molecule has 8 nitrogen and oxygen atoms in total. The minimum atomic E-state index is -1.02. The highest BCUT2D eigenvalue weighted by atomic mass is 35.5. The van der Waals surface area contributed by atoms with E-state index in [0.29, 0.717) is 49.6 Å². The summed E-state index contributed by atoms with van der Waals surface area (Å²) in [5.41, 5.74) is 2.35. The number of hydrogen-bond acceptors (Lipinski definition) is 7. The van der Waals surface area contributed by atoms with Gasteiger partial charge in [-0.3, -0.25) is 0 Å². The second-order valence-electron chi connectivity index (χ2n) is 9.72. The summed E-state index contributed by atoms with van der Waals surface area (Å²) in [6.45, 7) is 1.69. The molecule has 3 aromatic carbocycles. The van der Waals surface area contributed by atoms with Crippen molar-refractivity contribution in [1.29, 1.82) is 0 Å². The number of aliphatic hydroxyl groups is 1. The van der Waals surface area contributed by atoms with Crippen molar-refractivity contribution in [3.63, 3.8) is 0 Å². The van der Waals surface area contributed by atoms with Gasteiger partial charge in [-0.2, -0.15) is 0 Å². The Bertz CT molecular complexity index is 1260. The summed E-state index contributed by atoms with van der Waals surface area (Å²) in [6.07, 6.45) is 0. The second-order valence-corrected chi connectivity index (χ2v) is 10.1. The number of hydrogen-bond donors (Lipinski definition) is 2. The summed E-state index contributed by atoms with van der Waals surface area (Å²) in [5.74, 6) is 0.267. The van der Waals surface area contributed by atoms with Crippen molar-refractivity contribution < 1.29 is 38.7 Å². The predicted molar refractivity (Wildman–Crippen MR) is 140 cm³/mol. The van der Waals surface area contributed by atoms with Gasteiger partial charge in [0.25, 0.3) is 0 Å². The number of carboxylic acid groups (broad SMARTS) is 1. The van der Waals surface area contributed by atoms with Gasteiger partial charge in [-0.15, -0.1) is 0 Å². The van der Waals surface area contributed by atoms with Gasteiger partial charge in [0.15, 0.2) is 0 Å². The minimum absolute atomic E-state index is 0.00833. The van der Waals surface area contributed by atoms with Gasteiger partial charge in [-0.25, -0.2) is 4.79 Å². The van der Waals surface area contributed by atoms with Gasteiger partial charge in [-0.05, 0) is 41.5 Å². The fourth-order valence-corrected chi connectivity index (χ4v) is 4.62. The van der Waals surface area contributed by atoms with Crippen LogP contribution in [0.25, 0.3) is 11.1 Å². The average Bonchev–Trinajstić information content (AvgIpc) is 2.88. The molecule has 2 aliphatic heterocycles. The Labute approximate surface area is 225 Å². The molecule has 2 N–H and O–H groups in total. The molecule has 2 fully saturated rings. The zero-order chi connectivity index (χ0) is 26.6. The van der Waals surface area contributed by atoms with Crippen LogP contribution in [0, 0.1) is 5.41 Å². The van der Waals surface area contributed by atoms with E-state index in [2.05, 4.69) is 0 Å². The lowest BCUT2D eigenvalue weighted by molar-refractivity contribution is -0.220. The lowest BCUT2D eigenvalue weighted by Crippen LogP contribution is -2.50. The molecular formula is C29H29ClO8. The van der Waals surface area contributed by atoms with Crippen molar-refractivity contribution in [1.82, 2.24) is 0 Å². The summed E-state index contributed by atoms with van der Waals surface area (Å²) in [4.78, 5) is 11.0. The molecule has 9 heteroatoms. The van der Waals surface area contributed by atoms with E-state index in [1.807, 2.05) is 66.7 Å². The first-order valence-corrected chi connectivity index (χ1v) is 12.7. The molecule has 0 radical (unpaired) electrons. The predicted octanol–water partition coefficient (Wildman–Crippen LogP) is 4.30. The molecule has 2 heterocycles. The van der Waals surface area contributed by atoms with Gasteiger partial charge >= 0.3 is 5.97 Å². The fourth-order valence-electron chi connectivity index (χ4n) is 4.37. The van der Waals surface area contributed by atoms with E-state index in [1.54, 1.807) is 0 Å². The smallest absolute Gasteiger partial charge is 0.329 e. The Balaban J connectivity index is 1.33. The van der Waals surface area contributed by atoms with Crippen LogP contribution in [0.5, 0.6) is 11.5 Å². The molecule has 0 amide bonds. The first-order valence-electron chi connectivity index (χ1n) is 12.3. The number of benzene rings is 3. The van der Waals surface area contributed by atoms with Crippen LogP contribution in [0.15, 0.2) is 66.7 Å². The van der Waals surface area contributed by atoms with Crippen molar-refractivity contribution >= 4 is 17.6 Å².